The van der Waals surface area contributed by atoms with Gasteiger partial charge in [-0.3, -0.25) is 4.79 Å². The lowest BCUT2D eigenvalue weighted by Gasteiger charge is -2.23. The first-order valence-corrected chi connectivity index (χ1v) is 9.80. The van der Waals surface area contributed by atoms with Gasteiger partial charge in [-0.15, -0.1) is 0 Å². The highest BCUT2D eigenvalue weighted by molar-refractivity contribution is 6.31. The third-order valence-electron chi connectivity index (χ3n) is 3.71. The molecule has 0 spiro atoms. The summed E-state index contributed by atoms with van der Waals surface area (Å²) in [6.07, 6.45) is 0.254. The molecule has 2 amide bonds. The Morgan fingerprint density at radius 3 is 2.45 bits per heavy atom. The number of ether oxygens (including phenoxy) is 2. The molecule has 0 saturated carbocycles. The standard InChI is InChI=1S/C20H29ClN2O6/c1-20(2,3)29-19(27)23-15(12-17(24)25)9-6-7-11-22-18(26)28-13-14-8-4-5-10-16(14)21/h4-5,8,10,15H,6-7,9,11-13H2,1-3H3,(H,22,26)(H,23,27)(H,24,25)/t15-/m0/s1. The molecule has 9 heteroatoms. The second kappa shape index (κ2) is 12.2. The van der Waals surface area contributed by atoms with Crippen LogP contribution in [0.4, 0.5) is 9.59 Å². The quantitative estimate of drug-likeness (QED) is 0.483. The van der Waals surface area contributed by atoms with Crippen molar-refractivity contribution in [2.45, 2.75) is 64.7 Å². The molecule has 0 unspecified atom stereocenters. The van der Waals surface area contributed by atoms with Crippen molar-refractivity contribution in [2.24, 2.45) is 0 Å². The Bertz CT molecular complexity index is 690. The van der Waals surface area contributed by atoms with Crippen molar-refractivity contribution < 1.29 is 29.0 Å². The number of carbonyl (C=O) groups is 3. The highest BCUT2D eigenvalue weighted by Crippen LogP contribution is 2.15. The van der Waals surface area contributed by atoms with Crippen LogP contribution in [0.15, 0.2) is 24.3 Å². The van der Waals surface area contributed by atoms with Gasteiger partial charge in [-0.2, -0.15) is 0 Å². The fraction of sp³-hybridized carbons (Fsp3) is 0.550. The van der Waals surface area contributed by atoms with Crippen LogP contribution < -0.4 is 10.6 Å². The molecule has 1 atom stereocenters. The number of aliphatic carboxylic acids is 1. The highest BCUT2D eigenvalue weighted by Gasteiger charge is 2.21. The molecule has 0 aromatic heterocycles. The number of hydrogen-bond acceptors (Lipinski definition) is 5. The van der Waals surface area contributed by atoms with Crippen LogP contribution in [0.5, 0.6) is 0 Å². The van der Waals surface area contributed by atoms with Gasteiger partial charge >= 0.3 is 18.2 Å². The second-order valence-corrected chi connectivity index (χ2v) is 7.94. The first kappa shape index (κ1) is 24.6. The Hall–Kier alpha value is -2.48. The topological polar surface area (TPSA) is 114 Å². The number of amides is 2. The third kappa shape index (κ3) is 11.8. The van der Waals surface area contributed by atoms with E-state index in [0.717, 1.165) is 0 Å². The largest absolute Gasteiger partial charge is 0.481 e. The van der Waals surface area contributed by atoms with Gasteiger partial charge in [0.05, 0.1) is 6.42 Å². The summed E-state index contributed by atoms with van der Waals surface area (Å²) < 4.78 is 10.3. The number of carboxylic acids is 1. The summed E-state index contributed by atoms with van der Waals surface area (Å²) in [5.74, 6) is -1.01. The molecule has 3 N–H and O–H groups in total. The van der Waals surface area contributed by atoms with E-state index in [1.165, 1.54) is 0 Å². The molecular formula is C20H29ClN2O6. The van der Waals surface area contributed by atoms with E-state index < -0.39 is 29.8 Å². The van der Waals surface area contributed by atoms with E-state index in [1.807, 2.05) is 0 Å². The van der Waals surface area contributed by atoms with Crippen LogP contribution in [0, 0.1) is 0 Å². The Labute approximate surface area is 175 Å². The van der Waals surface area contributed by atoms with Crippen LogP contribution in [-0.2, 0) is 20.9 Å². The molecule has 162 valence electrons. The number of alkyl carbamates (subject to hydrolysis) is 2. The summed E-state index contributed by atoms with van der Waals surface area (Å²) in [6.45, 7) is 5.64. The van der Waals surface area contributed by atoms with Gasteiger partial charge in [0.2, 0.25) is 0 Å². The van der Waals surface area contributed by atoms with E-state index in [2.05, 4.69) is 10.6 Å². The van der Waals surface area contributed by atoms with Gasteiger partial charge in [-0.25, -0.2) is 9.59 Å². The zero-order valence-corrected chi connectivity index (χ0v) is 17.8. The Morgan fingerprint density at radius 1 is 1.14 bits per heavy atom. The van der Waals surface area contributed by atoms with Crippen molar-refractivity contribution in [3.05, 3.63) is 34.9 Å². The van der Waals surface area contributed by atoms with E-state index in [-0.39, 0.29) is 13.0 Å². The van der Waals surface area contributed by atoms with Crippen LogP contribution >= 0.6 is 11.6 Å². The third-order valence-corrected chi connectivity index (χ3v) is 4.08. The van der Waals surface area contributed by atoms with E-state index in [9.17, 15) is 14.4 Å². The Kier molecular flexibility index (Phi) is 10.3. The van der Waals surface area contributed by atoms with Gasteiger partial charge in [0.15, 0.2) is 0 Å². The lowest BCUT2D eigenvalue weighted by molar-refractivity contribution is -0.137. The van der Waals surface area contributed by atoms with Gasteiger partial charge in [0.1, 0.15) is 12.2 Å². The average Bonchev–Trinajstić information content (AvgIpc) is 2.58. The Balaban J connectivity index is 2.28. The highest BCUT2D eigenvalue weighted by atomic mass is 35.5. The van der Waals surface area contributed by atoms with E-state index >= 15 is 0 Å². The van der Waals surface area contributed by atoms with E-state index in [4.69, 9.17) is 26.2 Å². The number of carbonyl (C=O) groups excluding carboxylic acids is 2. The number of benzene rings is 1. The predicted octanol–water partition coefficient (Wildman–Crippen LogP) is 4.10. The maximum Gasteiger partial charge on any atom is 0.407 e. The summed E-state index contributed by atoms with van der Waals surface area (Å²) in [7, 11) is 0. The molecule has 0 aliphatic carbocycles. The number of nitrogens with one attached hydrogen (secondary N) is 2. The van der Waals surface area contributed by atoms with Gasteiger partial charge in [-0.05, 0) is 46.1 Å². The van der Waals surface area contributed by atoms with Crippen molar-refractivity contribution in [2.75, 3.05) is 6.54 Å². The van der Waals surface area contributed by atoms with Crippen LogP contribution in [-0.4, -0.2) is 41.4 Å². The molecule has 0 aliphatic rings. The van der Waals surface area contributed by atoms with Crippen molar-refractivity contribution in [1.82, 2.24) is 10.6 Å². The molecular weight excluding hydrogens is 400 g/mol. The fourth-order valence-electron chi connectivity index (χ4n) is 2.43. The molecule has 0 radical (unpaired) electrons. The first-order valence-electron chi connectivity index (χ1n) is 9.42. The Morgan fingerprint density at radius 2 is 1.83 bits per heavy atom. The number of rotatable bonds is 10. The zero-order valence-electron chi connectivity index (χ0n) is 17.0. The molecule has 0 fully saturated rings. The van der Waals surface area contributed by atoms with Crippen molar-refractivity contribution in [1.29, 1.82) is 0 Å². The summed E-state index contributed by atoms with van der Waals surface area (Å²) in [4.78, 5) is 34.5. The molecule has 0 saturated heterocycles. The number of hydrogen-bond donors (Lipinski definition) is 3. The lowest BCUT2D eigenvalue weighted by atomic mass is 10.1. The smallest absolute Gasteiger partial charge is 0.407 e. The van der Waals surface area contributed by atoms with Gasteiger partial charge in [0, 0.05) is 23.2 Å². The minimum Gasteiger partial charge on any atom is -0.481 e. The molecule has 1 aromatic carbocycles. The molecule has 8 nitrogen and oxygen atoms in total. The van der Waals surface area contributed by atoms with Crippen LogP contribution in [0.2, 0.25) is 5.02 Å². The minimum atomic E-state index is -1.01. The van der Waals surface area contributed by atoms with Crippen LogP contribution in [0.1, 0.15) is 52.0 Å². The van der Waals surface area contributed by atoms with Crippen LogP contribution in [0.25, 0.3) is 0 Å². The number of halogens is 1. The summed E-state index contributed by atoms with van der Waals surface area (Å²) in [5, 5.41) is 14.7. The maximum absolute atomic E-state index is 11.8. The maximum atomic E-state index is 11.8. The second-order valence-electron chi connectivity index (χ2n) is 7.53. The summed E-state index contributed by atoms with van der Waals surface area (Å²) in [6, 6.07) is 6.55. The lowest BCUT2D eigenvalue weighted by Crippen LogP contribution is -2.40. The number of carboxylic acid groups (broad SMARTS) is 1. The predicted molar refractivity (Wildman–Crippen MR) is 109 cm³/mol. The van der Waals surface area contributed by atoms with Crippen LogP contribution in [0.3, 0.4) is 0 Å². The van der Waals surface area contributed by atoms with Crippen molar-refractivity contribution in [3.63, 3.8) is 0 Å². The van der Waals surface area contributed by atoms with Crippen molar-refractivity contribution >= 4 is 29.8 Å². The van der Waals surface area contributed by atoms with Crippen molar-refractivity contribution in [3.8, 4) is 0 Å². The molecule has 29 heavy (non-hydrogen) atoms. The first-order chi connectivity index (χ1) is 13.6. The normalized spacial score (nSPS) is 12.0. The minimum absolute atomic E-state index is 0.0754. The van der Waals surface area contributed by atoms with Gasteiger partial charge in [0.25, 0.3) is 0 Å². The number of unbranched alkanes of at least 4 members (excludes halogenated alkanes) is 1. The molecule has 0 aliphatic heterocycles. The summed E-state index contributed by atoms with van der Waals surface area (Å²) in [5.41, 5.74) is 0.0561. The van der Waals surface area contributed by atoms with E-state index in [0.29, 0.717) is 36.4 Å². The fourth-order valence-corrected chi connectivity index (χ4v) is 2.62. The monoisotopic (exact) mass is 428 g/mol. The molecule has 1 aromatic rings. The zero-order chi connectivity index (χ0) is 21.9. The SMILES string of the molecule is CC(C)(C)OC(=O)N[C@@H](CCCCNC(=O)OCc1ccccc1Cl)CC(=O)O. The molecule has 0 bridgehead atoms. The summed E-state index contributed by atoms with van der Waals surface area (Å²) >= 11 is 6.00. The van der Waals surface area contributed by atoms with E-state index in [1.54, 1.807) is 45.0 Å². The molecule has 1 rings (SSSR count). The molecule has 0 heterocycles. The van der Waals surface area contributed by atoms with Gasteiger partial charge < -0.3 is 25.2 Å². The van der Waals surface area contributed by atoms with Gasteiger partial charge in [-0.1, -0.05) is 29.8 Å². The average molecular weight is 429 g/mol.